The molecule has 0 atom stereocenters. The van der Waals surface area contributed by atoms with Crippen molar-refractivity contribution in [2.75, 3.05) is 13.1 Å². The summed E-state index contributed by atoms with van der Waals surface area (Å²) in [6.07, 6.45) is 2.27. The average molecular weight is 199 g/mol. The number of nitrogens with one attached hydrogen (secondary N) is 1. The van der Waals surface area contributed by atoms with Crippen molar-refractivity contribution in [3.63, 3.8) is 0 Å². The molecule has 0 aliphatic heterocycles. The predicted molar refractivity (Wildman–Crippen MR) is 56.8 cm³/mol. The predicted octanol–water partition coefficient (Wildman–Crippen LogP) is 1.28. The Morgan fingerprint density at radius 3 is 3.00 bits per heavy atom. The van der Waals surface area contributed by atoms with Crippen LogP contribution in [0.5, 0.6) is 0 Å². The van der Waals surface area contributed by atoms with Crippen LogP contribution in [0.25, 0.3) is 0 Å². The second-order valence-electron chi connectivity index (χ2n) is 3.03. The molecule has 0 unspecified atom stereocenters. The summed E-state index contributed by atoms with van der Waals surface area (Å²) in [5.74, 6) is 0. The van der Waals surface area contributed by atoms with Gasteiger partial charge in [0.05, 0.1) is 11.2 Å². The maximum Gasteiger partial charge on any atom is 0.0798 e. The summed E-state index contributed by atoms with van der Waals surface area (Å²) in [4.78, 5) is 5.53. The van der Waals surface area contributed by atoms with Gasteiger partial charge in [-0.25, -0.2) is 4.98 Å². The number of thiazole rings is 1. The van der Waals surface area contributed by atoms with Crippen LogP contribution in [-0.2, 0) is 6.54 Å². The minimum Gasteiger partial charge on any atom is -0.330 e. The molecule has 0 bridgehead atoms. The Morgan fingerprint density at radius 1 is 1.54 bits per heavy atom. The highest BCUT2D eigenvalue weighted by Gasteiger charge is 1.99. The lowest BCUT2D eigenvalue weighted by atomic mass is 10.3. The third-order valence-corrected chi connectivity index (χ3v) is 2.87. The number of nitrogens with zero attached hydrogens (tertiary/aromatic N) is 1. The molecule has 0 aromatic carbocycles. The molecule has 0 radical (unpaired) electrons. The van der Waals surface area contributed by atoms with E-state index in [9.17, 15) is 0 Å². The zero-order valence-electron chi connectivity index (χ0n) is 8.05. The Hall–Kier alpha value is -0.450. The highest BCUT2D eigenvalue weighted by Crippen LogP contribution is 2.10. The van der Waals surface area contributed by atoms with Gasteiger partial charge in [-0.1, -0.05) is 0 Å². The summed E-state index contributed by atoms with van der Waals surface area (Å²) < 4.78 is 0. The van der Waals surface area contributed by atoms with Crippen LogP contribution < -0.4 is 11.1 Å². The van der Waals surface area contributed by atoms with Crippen molar-refractivity contribution in [1.29, 1.82) is 0 Å². The van der Waals surface area contributed by atoms with Crippen molar-refractivity contribution in [2.45, 2.75) is 26.3 Å². The molecule has 74 valence electrons. The first kappa shape index (κ1) is 10.6. The second-order valence-corrected chi connectivity index (χ2v) is 3.97. The number of hydrogen-bond donors (Lipinski definition) is 2. The van der Waals surface area contributed by atoms with Crippen LogP contribution in [-0.4, -0.2) is 18.1 Å². The molecule has 3 nitrogen and oxygen atoms in total. The van der Waals surface area contributed by atoms with Crippen LogP contribution in [0.15, 0.2) is 5.51 Å². The molecule has 0 aliphatic rings. The van der Waals surface area contributed by atoms with Crippen molar-refractivity contribution >= 4 is 11.3 Å². The van der Waals surface area contributed by atoms with E-state index < -0.39 is 0 Å². The van der Waals surface area contributed by atoms with Gasteiger partial charge in [0, 0.05) is 11.4 Å². The van der Waals surface area contributed by atoms with E-state index >= 15 is 0 Å². The van der Waals surface area contributed by atoms with Crippen molar-refractivity contribution in [3.8, 4) is 0 Å². The summed E-state index contributed by atoms with van der Waals surface area (Å²) >= 11 is 1.72. The number of rotatable bonds is 6. The molecule has 3 N–H and O–H groups in total. The number of nitrogens with two attached hydrogens (primary N) is 1. The Labute approximate surface area is 83.4 Å². The van der Waals surface area contributed by atoms with Gasteiger partial charge in [0.2, 0.25) is 0 Å². The number of aryl methyl sites for hydroxylation is 1. The number of hydrogen-bond acceptors (Lipinski definition) is 4. The third kappa shape index (κ3) is 3.85. The normalized spacial score (nSPS) is 10.6. The van der Waals surface area contributed by atoms with Crippen LogP contribution in [0.2, 0.25) is 0 Å². The highest BCUT2D eigenvalue weighted by atomic mass is 32.1. The summed E-state index contributed by atoms with van der Waals surface area (Å²) in [6, 6.07) is 0. The average Bonchev–Trinajstić information content (AvgIpc) is 2.52. The summed E-state index contributed by atoms with van der Waals surface area (Å²) in [6.45, 7) is 4.84. The second kappa shape index (κ2) is 6.07. The van der Waals surface area contributed by atoms with Gasteiger partial charge in [-0.3, -0.25) is 0 Å². The Bertz CT molecular complexity index is 235. The lowest BCUT2D eigenvalue weighted by Crippen LogP contribution is -2.15. The van der Waals surface area contributed by atoms with Gasteiger partial charge in [0.25, 0.3) is 0 Å². The zero-order valence-corrected chi connectivity index (χ0v) is 8.86. The molecule has 0 saturated carbocycles. The van der Waals surface area contributed by atoms with E-state index in [-0.39, 0.29) is 0 Å². The molecule has 1 aromatic heterocycles. The monoisotopic (exact) mass is 199 g/mol. The van der Waals surface area contributed by atoms with Gasteiger partial charge in [-0.15, -0.1) is 11.3 Å². The molecule has 13 heavy (non-hydrogen) atoms. The van der Waals surface area contributed by atoms with Gasteiger partial charge >= 0.3 is 0 Å². The number of unbranched alkanes of at least 4 members (excludes halogenated alkanes) is 1. The fourth-order valence-electron chi connectivity index (χ4n) is 1.09. The molecule has 1 heterocycles. The molecular weight excluding hydrogens is 182 g/mol. The Morgan fingerprint density at radius 2 is 2.38 bits per heavy atom. The fraction of sp³-hybridized carbons (Fsp3) is 0.667. The van der Waals surface area contributed by atoms with Crippen LogP contribution in [0, 0.1) is 6.92 Å². The molecular formula is C9H17N3S. The van der Waals surface area contributed by atoms with Gasteiger partial charge < -0.3 is 11.1 Å². The third-order valence-electron chi connectivity index (χ3n) is 1.94. The first-order valence-electron chi connectivity index (χ1n) is 4.64. The van der Waals surface area contributed by atoms with Crippen molar-refractivity contribution in [1.82, 2.24) is 10.3 Å². The first-order valence-corrected chi connectivity index (χ1v) is 5.52. The van der Waals surface area contributed by atoms with Crippen LogP contribution in [0.1, 0.15) is 23.4 Å². The van der Waals surface area contributed by atoms with E-state index in [1.165, 1.54) is 4.88 Å². The number of aromatic nitrogens is 1. The largest absolute Gasteiger partial charge is 0.330 e. The fourth-order valence-corrected chi connectivity index (χ4v) is 1.84. The topological polar surface area (TPSA) is 50.9 Å². The molecule has 1 rings (SSSR count). The van der Waals surface area contributed by atoms with E-state index in [0.717, 1.165) is 38.2 Å². The summed E-state index contributed by atoms with van der Waals surface area (Å²) in [5, 5.41) is 3.38. The maximum absolute atomic E-state index is 5.39. The Balaban J connectivity index is 2.10. The zero-order chi connectivity index (χ0) is 9.52. The lowest BCUT2D eigenvalue weighted by molar-refractivity contribution is 0.629. The van der Waals surface area contributed by atoms with Gasteiger partial charge in [0.15, 0.2) is 0 Å². The standard InChI is InChI=1S/C9H17N3S/c1-8-9(13-7-12-8)6-11-5-3-2-4-10/h7,11H,2-6,10H2,1H3. The summed E-state index contributed by atoms with van der Waals surface area (Å²) in [7, 11) is 0. The van der Waals surface area contributed by atoms with Crippen LogP contribution >= 0.6 is 11.3 Å². The van der Waals surface area contributed by atoms with E-state index in [1.807, 2.05) is 12.4 Å². The van der Waals surface area contributed by atoms with E-state index in [1.54, 1.807) is 11.3 Å². The Kier molecular flexibility index (Phi) is 4.97. The quantitative estimate of drug-likeness (QED) is 0.679. The van der Waals surface area contributed by atoms with E-state index in [4.69, 9.17) is 5.73 Å². The van der Waals surface area contributed by atoms with Crippen LogP contribution in [0.3, 0.4) is 0 Å². The summed E-state index contributed by atoms with van der Waals surface area (Å²) in [5.41, 5.74) is 8.44. The maximum atomic E-state index is 5.39. The lowest BCUT2D eigenvalue weighted by Gasteiger charge is -2.02. The van der Waals surface area contributed by atoms with E-state index in [0.29, 0.717) is 0 Å². The molecule has 0 saturated heterocycles. The molecule has 4 heteroatoms. The molecule has 1 aromatic rings. The van der Waals surface area contributed by atoms with Crippen LogP contribution in [0.4, 0.5) is 0 Å². The van der Waals surface area contributed by atoms with Gasteiger partial charge in [0.1, 0.15) is 0 Å². The minimum absolute atomic E-state index is 0.793. The highest BCUT2D eigenvalue weighted by molar-refractivity contribution is 7.09. The molecule has 0 spiro atoms. The van der Waals surface area contributed by atoms with Crippen molar-refractivity contribution in [3.05, 3.63) is 16.1 Å². The molecule has 0 fully saturated rings. The SMILES string of the molecule is Cc1ncsc1CNCCCCN. The molecule has 0 amide bonds. The first-order chi connectivity index (χ1) is 6.34. The van der Waals surface area contributed by atoms with Gasteiger partial charge in [-0.05, 0) is 32.9 Å². The van der Waals surface area contributed by atoms with Crippen molar-refractivity contribution in [2.24, 2.45) is 5.73 Å². The van der Waals surface area contributed by atoms with Gasteiger partial charge in [-0.2, -0.15) is 0 Å². The van der Waals surface area contributed by atoms with E-state index in [2.05, 4.69) is 10.3 Å². The minimum atomic E-state index is 0.793. The van der Waals surface area contributed by atoms with Crippen molar-refractivity contribution < 1.29 is 0 Å². The molecule has 0 aliphatic carbocycles. The smallest absolute Gasteiger partial charge is 0.0798 e.